The number of hydrogen-bond acceptors (Lipinski definition) is 3. The third-order valence-electron chi connectivity index (χ3n) is 3.41. The number of aliphatic hydroxyl groups excluding tert-OH is 1. The van der Waals surface area contributed by atoms with Crippen molar-refractivity contribution in [2.45, 2.75) is 44.4 Å². The van der Waals surface area contributed by atoms with Crippen LogP contribution in [0, 0.1) is 5.82 Å². The van der Waals surface area contributed by atoms with Crippen molar-refractivity contribution in [2.75, 3.05) is 5.73 Å². The first kappa shape index (κ1) is 12.3. The minimum absolute atomic E-state index is 0.00243. The second-order valence-electron chi connectivity index (χ2n) is 5.37. The molecule has 0 bridgehead atoms. The van der Waals surface area contributed by atoms with Crippen LogP contribution >= 0.6 is 0 Å². The van der Waals surface area contributed by atoms with Gasteiger partial charge in [-0.05, 0) is 32.8 Å². The standard InChI is InChI=1S/C13H19FN2O/c1-13(2)7-6-10(16-13)12(17)8-4-3-5-9(15)11(8)14/h3-5,10,12,16-17H,6-7,15H2,1-2H3/t10?,12-/m0/s1. The molecular formula is C13H19FN2O. The number of nitrogens with one attached hydrogen (secondary N) is 1. The summed E-state index contributed by atoms with van der Waals surface area (Å²) in [5, 5.41) is 13.5. The average Bonchev–Trinajstić information content (AvgIpc) is 2.62. The molecule has 0 amide bonds. The van der Waals surface area contributed by atoms with E-state index in [1.165, 1.54) is 6.07 Å². The SMILES string of the molecule is CC1(C)CCC([C@@H](O)c2cccc(N)c2F)N1. The summed E-state index contributed by atoms with van der Waals surface area (Å²) in [6.07, 6.45) is 0.960. The Bertz CT molecular complexity index is 420. The van der Waals surface area contributed by atoms with Crippen LogP contribution < -0.4 is 11.1 Å². The smallest absolute Gasteiger partial charge is 0.151 e. The second-order valence-corrected chi connectivity index (χ2v) is 5.37. The highest BCUT2D eigenvalue weighted by molar-refractivity contribution is 5.44. The summed E-state index contributed by atoms with van der Waals surface area (Å²) >= 11 is 0. The molecule has 1 aromatic carbocycles. The largest absolute Gasteiger partial charge is 0.396 e. The minimum atomic E-state index is -0.847. The summed E-state index contributed by atoms with van der Waals surface area (Å²) in [5.74, 6) is -0.508. The highest BCUT2D eigenvalue weighted by atomic mass is 19.1. The summed E-state index contributed by atoms with van der Waals surface area (Å²) in [7, 11) is 0. The predicted molar refractivity (Wildman–Crippen MR) is 66.0 cm³/mol. The summed E-state index contributed by atoms with van der Waals surface area (Å²) < 4.78 is 13.8. The molecule has 2 atom stereocenters. The number of aliphatic hydroxyl groups is 1. The maximum Gasteiger partial charge on any atom is 0.151 e. The molecule has 1 aliphatic rings. The fourth-order valence-electron chi connectivity index (χ4n) is 2.41. The lowest BCUT2D eigenvalue weighted by Crippen LogP contribution is -2.40. The first-order chi connectivity index (χ1) is 7.91. The van der Waals surface area contributed by atoms with Crippen LogP contribution in [0.2, 0.25) is 0 Å². The van der Waals surface area contributed by atoms with E-state index in [1.54, 1.807) is 12.1 Å². The molecule has 1 aromatic rings. The van der Waals surface area contributed by atoms with Crippen molar-refractivity contribution in [1.82, 2.24) is 5.32 Å². The zero-order valence-corrected chi connectivity index (χ0v) is 10.2. The molecule has 4 N–H and O–H groups in total. The van der Waals surface area contributed by atoms with Gasteiger partial charge in [-0.15, -0.1) is 0 Å². The number of rotatable bonds is 2. The number of nitrogen functional groups attached to an aromatic ring is 1. The van der Waals surface area contributed by atoms with Crippen molar-refractivity contribution in [2.24, 2.45) is 0 Å². The van der Waals surface area contributed by atoms with Gasteiger partial charge in [-0.1, -0.05) is 12.1 Å². The van der Waals surface area contributed by atoms with E-state index in [1.807, 2.05) is 0 Å². The maximum absolute atomic E-state index is 13.8. The van der Waals surface area contributed by atoms with E-state index in [0.717, 1.165) is 12.8 Å². The van der Waals surface area contributed by atoms with Gasteiger partial charge in [0.15, 0.2) is 5.82 Å². The van der Waals surface area contributed by atoms with E-state index in [0.29, 0.717) is 0 Å². The van der Waals surface area contributed by atoms with Crippen LogP contribution in [0.4, 0.5) is 10.1 Å². The van der Waals surface area contributed by atoms with E-state index in [4.69, 9.17) is 5.73 Å². The molecule has 0 radical (unpaired) electrons. The Balaban J connectivity index is 2.20. The highest BCUT2D eigenvalue weighted by Crippen LogP contribution is 2.32. The number of benzene rings is 1. The fourth-order valence-corrected chi connectivity index (χ4v) is 2.41. The first-order valence-electron chi connectivity index (χ1n) is 5.90. The molecule has 1 saturated heterocycles. The Morgan fingerprint density at radius 3 is 2.82 bits per heavy atom. The molecule has 4 heteroatoms. The van der Waals surface area contributed by atoms with Crippen molar-refractivity contribution < 1.29 is 9.50 Å². The molecule has 17 heavy (non-hydrogen) atoms. The molecular weight excluding hydrogens is 219 g/mol. The van der Waals surface area contributed by atoms with Gasteiger partial charge in [-0.25, -0.2) is 4.39 Å². The van der Waals surface area contributed by atoms with Gasteiger partial charge in [0, 0.05) is 17.1 Å². The number of nitrogens with two attached hydrogens (primary N) is 1. The minimum Gasteiger partial charge on any atom is -0.396 e. The Morgan fingerprint density at radius 2 is 2.24 bits per heavy atom. The molecule has 94 valence electrons. The topological polar surface area (TPSA) is 58.3 Å². The van der Waals surface area contributed by atoms with Crippen LogP contribution in [0.5, 0.6) is 0 Å². The summed E-state index contributed by atoms with van der Waals surface area (Å²) in [6.45, 7) is 4.16. The quantitative estimate of drug-likeness (QED) is 0.690. The van der Waals surface area contributed by atoms with Crippen molar-refractivity contribution in [3.05, 3.63) is 29.6 Å². The third kappa shape index (κ3) is 2.42. The van der Waals surface area contributed by atoms with Crippen LogP contribution in [-0.4, -0.2) is 16.7 Å². The third-order valence-corrected chi connectivity index (χ3v) is 3.41. The number of anilines is 1. The Kier molecular flexibility index (Phi) is 3.10. The van der Waals surface area contributed by atoms with Crippen LogP contribution in [-0.2, 0) is 0 Å². The van der Waals surface area contributed by atoms with Gasteiger partial charge in [-0.3, -0.25) is 0 Å². The van der Waals surface area contributed by atoms with E-state index >= 15 is 0 Å². The van der Waals surface area contributed by atoms with Crippen molar-refractivity contribution in [3.8, 4) is 0 Å². The molecule has 0 spiro atoms. The second kappa shape index (κ2) is 4.27. The molecule has 0 saturated carbocycles. The Hall–Kier alpha value is -1.13. The molecule has 1 heterocycles. The average molecular weight is 238 g/mol. The lowest BCUT2D eigenvalue weighted by atomic mass is 9.99. The van der Waals surface area contributed by atoms with Gasteiger partial charge in [0.1, 0.15) is 0 Å². The first-order valence-corrected chi connectivity index (χ1v) is 5.90. The zero-order chi connectivity index (χ0) is 12.6. The van der Waals surface area contributed by atoms with Crippen molar-refractivity contribution in [3.63, 3.8) is 0 Å². The van der Waals surface area contributed by atoms with E-state index in [-0.39, 0.29) is 22.8 Å². The van der Waals surface area contributed by atoms with Crippen molar-refractivity contribution in [1.29, 1.82) is 0 Å². The molecule has 3 nitrogen and oxygen atoms in total. The lowest BCUT2D eigenvalue weighted by Gasteiger charge is -2.24. The normalized spacial score (nSPS) is 24.8. The molecule has 1 aliphatic heterocycles. The summed E-state index contributed by atoms with van der Waals surface area (Å²) in [4.78, 5) is 0. The summed E-state index contributed by atoms with van der Waals surface area (Å²) in [5.41, 5.74) is 5.87. The van der Waals surface area contributed by atoms with Gasteiger partial charge in [0.25, 0.3) is 0 Å². The van der Waals surface area contributed by atoms with E-state index < -0.39 is 11.9 Å². The lowest BCUT2D eigenvalue weighted by molar-refractivity contribution is 0.128. The summed E-state index contributed by atoms with van der Waals surface area (Å²) in [6, 6.07) is 4.64. The van der Waals surface area contributed by atoms with Crippen LogP contribution in [0.1, 0.15) is 38.4 Å². The van der Waals surface area contributed by atoms with Crippen LogP contribution in [0.3, 0.4) is 0 Å². The maximum atomic E-state index is 13.8. The van der Waals surface area contributed by atoms with Gasteiger partial charge >= 0.3 is 0 Å². The van der Waals surface area contributed by atoms with Gasteiger partial charge in [-0.2, -0.15) is 0 Å². The predicted octanol–water partition coefficient (Wildman–Crippen LogP) is 1.97. The van der Waals surface area contributed by atoms with Crippen LogP contribution in [0.25, 0.3) is 0 Å². The molecule has 0 aromatic heterocycles. The van der Waals surface area contributed by atoms with Crippen LogP contribution in [0.15, 0.2) is 18.2 Å². The number of halogens is 1. The van der Waals surface area contributed by atoms with Gasteiger partial charge in [0.05, 0.1) is 11.8 Å². The van der Waals surface area contributed by atoms with E-state index in [9.17, 15) is 9.50 Å². The van der Waals surface area contributed by atoms with Gasteiger partial charge in [0.2, 0.25) is 0 Å². The van der Waals surface area contributed by atoms with E-state index in [2.05, 4.69) is 19.2 Å². The molecule has 1 fully saturated rings. The Labute approximate surface area is 101 Å². The molecule has 0 aliphatic carbocycles. The molecule has 1 unspecified atom stereocenters. The number of hydrogen-bond donors (Lipinski definition) is 3. The fraction of sp³-hybridized carbons (Fsp3) is 0.538. The Morgan fingerprint density at radius 1 is 1.53 bits per heavy atom. The monoisotopic (exact) mass is 238 g/mol. The molecule has 2 rings (SSSR count). The van der Waals surface area contributed by atoms with Gasteiger partial charge < -0.3 is 16.2 Å². The highest BCUT2D eigenvalue weighted by Gasteiger charge is 2.35. The van der Waals surface area contributed by atoms with Crippen molar-refractivity contribution >= 4 is 5.69 Å². The zero-order valence-electron chi connectivity index (χ0n) is 10.2.